The molecule has 0 radical (unpaired) electrons. The fourth-order valence-corrected chi connectivity index (χ4v) is 3.82. The van der Waals surface area contributed by atoms with Crippen LogP contribution < -0.4 is 9.62 Å². The molecule has 0 spiro atoms. The monoisotopic (exact) mass is 374 g/mol. The Morgan fingerprint density at radius 1 is 0.962 bits per heavy atom. The number of amides is 1. The molecule has 2 aromatic rings. The quantitative estimate of drug-likeness (QED) is 0.802. The summed E-state index contributed by atoms with van der Waals surface area (Å²) >= 11 is 0. The fourth-order valence-electron chi connectivity index (χ4n) is 2.85. The van der Waals surface area contributed by atoms with Gasteiger partial charge in [0.2, 0.25) is 15.9 Å². The Morgan fingerprint density at radius 2 is 1.54 bits per heavy atom. The molecule has 5 nitrogen and oxygen atoms in total. The summed E-state index contributed by atoms with van der Waals surface area (Å²) in [6.45, 7) is 6.18. The van der Waals surface area contributed by atoms with Crippen LogP contribution in [-0.2, 0) is 14.8 Å². The number of carbonyl (C=O) groups is 1. The third-order valence-corrected chi connectivity index (χ3v) is 5.19. The number of rotatable bonds is 7. The van der Waals surface area contributed by atoms with Crippen LogP contribution in [0.4, 0.5) is 11.4 Å². The Balaban J connectivity index is 1.96. The molecule has 0 heterocycles. The van der Waals surface area contributed by atoms with Crippen LogP contribution in [-0.4, -0.2) is 27.1 Å². The molecule has 1 amide bonds. The lowest BCUT2D eigenvalue weighted by Crippen LogP contribution is -2.31. The lowest BCUT2D eigenvalue weighted by atomic mass is 10.1. The van der Waals surface area contributed by atoms with Gasteiger partial charge in [-0.1, -0.05) is 23.8 Å². The van der Waals surface area contributed by atoms with Crippen LogP contribution >= 0.6 is 0 Å². The van der Waals surface area contributed by atoms with E-state index in [4.69, 9.17) is 0 Å². The summed E-state index contributed by atoms with van der Waals surface area (Å²) in [5.74, 6) is -0.118. The van der Waals surface area contributed by atoms with E-state index < -0.39 is 10.0 Å². The second-order valence-electron chi connectivity index (χ2n) is 6.70. The van der Waals surface area contributed by atoms with Gasteiger partial charge in [0.25, 0.3) is 0 Å². The summed E-state index contributed by atoms with van der Waals surface area (Å²) in [5.41, 5.74) is 4.62. The zero-order chi connectivity index (χ0) is 19.3. The Bertz CT molecular complexity index is 854. The first kappa shape index (κ1) is 20.0. The van der Waals surface area contributed by atoms with Crippen molar-refractivity contribution in [1.82, 2.24) is 0 Å². The first-order valence-electron chi connectivity index (χ1n) is 8.58. The van der Waals surface area contributed by atoms with Gasteiger partial charge in [-0.3, -0.25) is 9.10 Å². The van der Waals surface area contributed by atoms with Gasteiger partial charge in [-0.2, -0.15) is 0 Å². The molecule has 0 saturated heterocycles. The van der Waals surface area contributed by atoms with E-state index >= 15 is 0 Å². The maximum atomic E-state index is 12.2. The third kappa shape index (κ3) is 5.88. The van der Waals surface area contributed by atoms with Gasteiger partial charge < -0.3 is 5.32 Å². The van der Waals surface area contributed by atoms with Gasteiger partial charge in [0.1, 0.15) is 0 Å². The minimum atomic E-state index is -3.40. The molecular formula is C20H26N2O3S. The number of nitrogens with zero attached hydrogens (tertiary/aromatic N) is 1. The zero-order valence-corrected chi connectivity index (χ0v) is 16.6. The maximum Gasteiger partial charge on any atom is 0.232 e. The third-order valence-electron chi connectivity index (χ3n) is 3.99. The highest BCUT2D eigenvalue weighted by Gasteiger charge is 2.17. The van der Waals surface area contributed by atoms with Gasteiger partial charge >= 0.3 is 0 Å². The van der Waals surface area contributed by atoms with Crippen molar-refractivity contribution in [2.75, 3.05) is 22.4 Å². The molecule has 0 atom stereocenters. The number of anilines is 2. The van der Waals surface area contributed by atoms with Crippen LogP contribution in [0.25, 0.3) is 0 Å². The Hall–Kier alpha value is -2.34. The summed E-state index contributed by atoms with van der Waals surface area (Å²) in [5, 5.41) is 2.88. The molecule has 0 saturated carbocycles. The van der Waals surface area contributed by atoms with E-state index in [0.717, 1.165) is 22.4 Å². The number of carbonyl (C=O) groups excluding carboxylic acids is 1. The molecule has 0 aliphatic heterocycles. The average molecular weight is 375 g/mol. The first-order chi connectivity index (χ1) is 12.1. The number of nitrogens with one attached hydrogen (secondary N) is 1. The molecule has 0 aliphatic carbocycles. The normalized spacial score (nSPS) is 11.2. The van der Waals surface area contributed by atoms with E-state index in [-0.39, 0.29) is 18.9 Å². The first-order valence-corrected chi connectivity index (χ1v) is 10.4. The van der Waals surface area contributed by atoms with Crippen molar-refractivity contribution in [2.24, 2.45) is 0 Å². The molecule has 0 aliphatic rings. The van der Waals surface area contributed by atoms with E-state index in [2.05, 4.69) is 5.32 Å². The van der Waals surface area contributed by atoms with E-state index in [9.17, 15) is 13.2 Å². The highest BCUT2D eigenvalue weighted by Crippen LogP contribution is 2.19. The number of sulfonamides is 1. The standard InChI is InChI=1S/C20H26N2O3S/c1-15-7-9-19(10-8-15)22(26(4,24)25)11-5-6-20(23)21-18-13-16(2)12-17(3)14-18/h7-10,12-14H,5-6,11H2,1-4H3,(H,21,23). The maximum absolute atomic E-state index is 12.2. The van der Waals surface area contributed by atoms with Crippen LogP contribution in [0.5, 0.6) is 0 Å². The molecule has 2 rings (SSSR count). The van der Waals surface area contributed by atoms with E-state index in [1.54, 1.807) is 12.1 Å². The highest BCUT2D eigenvalue weighted by atomic mass is 32.2. The smallest absolute Gasteiger partial charge is 0.232 e. The molecule has 0 bridgehead atoms. The van der Waals surface area contributed by atoms with E-state index in [1.165, 1.54) is 10.6 Å². The number of hydrogen-bond acceptors (Lipinski definition) is 3. The van der Waals surface area contributed by atoms with Gasteiger partial charge in [0.05, 0.1) is 11.9 Å². The summed E-state index contributed by atoms with van der Waals surface area (Å²) in [4.78, 5) is 12.2. The molecule has 26 heavy (non-hydrogen) atoms. The molecule has 0 aromatic heterocycles. The zero-order valence-electron chi connectivity index (χ0n) is 15.7. The van der Waals surface area contributed by atoms with Gasteiger partial charge in [-0.25, -0.2) is 8.42 Å². The van der Waals surface area contributed by atoms with Crippen LogP contribution in [0.15, 0.2) is 42.5 Å². The van der Waals surface area contributed by atoms with E-state index in [0.29, 0.717) is 12.1 Å². The summed E-state index contributed by atoms with van der Waals surface area (Å²) < 4.78 is 25.5. The molecular weight excluding hydrogens is 348 g/mol. The minimum Gasteiger partial charge on any atom is -0.326 e. The van der Waals surface area contributed by atoms with Crippen molar-refractivity contribution in [3.05, 3.63) is 59.2 Å². The summed E-state index contributed by atoms with van der Waals surface area (Å²) in [6, 6.07) is 13.2. The Morgan fingerprint density at radius 3 is 2.08 bits per heavy atom. The lowest BCUT2D eigenvalue weighted by molar-refractivity contribution is -0.116. The molecule has 0 unspecified atom stereocenters. The van der Waals surface area contributed by atoms with Gasteiger partial charge in [0.15, 0.2) is 0 Å². The fraction of sp³-hybridized carbons (Fsp3) is 0.350. The van der Waals surface area contributed by atoms with Crippen molar-refractivity contribution in [3.8, 4) is 0 Å². The van der Waals surface area contributed by atoms with Gasteiger partial charge in [0, 0.05) is 18.7 Å². The summed E-state index contributed by atoms with van der Waals surface area (Å²) in [6.07, 6.45) is 1.88. The Labute approximate surface area is 156 Å². The summed E-state index contributed by atoms with van der Waals surface area (Å²) in [7, 11) is -3.40. The van der Waals surface area contributed by atoms with E-state index in [1.807, 2.05) is 51.1 Å². The van der Waals surface area contributed by atoms with Gasteiger partial charge in [-0.15, -0.1) is 0 Å². The topological polar surface area (TPSA) is 66.5 Å². The van der Waals surface area contributed by atoms with Crippen LogP contribution in [0.1, 0.15) is 29.5 Å². The molecule has 6 heteroatoms. The van der Waals surface area contributed by atoms with Gasteiger partial charge in [-0.05, 0) is 62.6 Å². The second kappa shape index (κ2) is 8.36. The van der Waals surface area contributed by atoms with Crippen LogP contribution in [0, 0.1) is 20.8 Å². The number of hydrogen-bond donors (Lipinski definition) is 1. The molecule has 1 N–H and O–H groups in total. The predicted octanol–water partition coefficient (Wildman–Crippen LogP) is 3.80. The average Bonchev–Trinajstić information content (AvgIpc) is 2.50. The van der Waals surface area contributed by atoms with Crippen LogP contribution in [0.2, 0.25) is 0 Å². The Kier molecular flexibility index (Phi) is 6.42. The number of benzene rings is 2. The van der Waals surface area contributed by atoms with Crippen molar-refractivity contribution >= 4 is 27.3 Å². The van der Waals surface area contributed by atoms with Crippen LogP contribution in [0.3, 0.4) is 0 Å². The highest BCUT2D eigenvalue weighted by molar-refractivity contribution is 7.92. The second-order valence-corrected chi connectivity index (χ2v) is 8.61. The predicted molar refractivity (Wildman–Crippen MR) is 107 cm³/mol. The number of aryl methyl sites for hydroxylation is 3. The lowest BCUT2D eigenvalue weighted by Gasteiger charge is -2.22. The molecule has 0 fully saturated rings. The van der Waals surface area contributed by atoms with Crippen molar-refractivity contribution < 1.29 is 13.2 Å². The van der Waals surface area contributed by atoms with Crippen molar-refractivity contribution in [3.63, 3.8) is 0 Å². The largest absolute Gasteiger partial charge is 0.326 e. The molecule has 2 aromatic carbocycles. The van der Waals surface area contributed by atoms with Crippen molar-refractivity contribution in [2.45, 2.75) is 33.6 Å². The SMILES string of the molecule is Cc1ccc(N(CCCC(=O)Nc2cc(C)cc(C)c2)S(C)(=O)=O)cc1. The molecule has 140 valence electrons. The minimum absolute atomic E-state index is 0.118. The van der Waals surface area contributed by atoms with Crippen molar-refractivity contribution in [1.29, 1.82) is 0 Å².